The summed E-state index contributed by atoms with van der Waals surface area (Å²) in [6.45, 7) is 4.10. The van der Waals surface area contributed by atoms with Gasteiger partial charge in [-0.25, -0.2) is 0 Å². The van der Waals surface area contributed by atoms with E-state index in [2.05, 4.69) is 13.0 Å². The minimum absolute atomic E-state index is 0. The molecule has 1 nitrogen and oxygen atoms in total. The van der Waals surface area contributed by atoms with Crippen LogP contribution in [-0.4, -0.2) is 6.04 Å². The van der Waals surface area contributed by atoms with Crippen LogP contribution < -0.4 is 5.73 Å². The van der Waals surface area contributed by atoms with Crippen LogP contribution in [0.5, 0.6) is 0 Å². The molecule has 1 aromatic rings. The van der Waals surface area contributed by atoms with E-state index < -0.39 is 0 Å². The van der Waals surface area contributed by atoms with Gasteiger partial charge in [0.15, 0.2) is 0 Å². The van der Waals surface area contributed by atoms with E-state index in [1.807, 2.05) is 19.1 Å². The number of benzene rings is 1. The molecule has 0 radical (unpaired) electrons. The normalized spacial score (nSPS) is 12.0. The molecule has 0 aliphatic heterocycles. The van der Waals surface area contributed by atoms with E-state index in [-0.39, 0.29) is 18.4 Å². The maximum atomic E-state index is 6.00. The molecule has 3 heteroatoms. The summed E-state index contributed by atoms with van der Waals surface area (Å²) in [5.74, 6) is 0. The standard InChI is InChI=1S/C11H16ClN.ClH/c1-3-10(13)6-9-5-4-8(2)11(12)7-9;/h4-5,7,10H,3,6,13H2,1-2H3;1H. The predicted molar refractivity (Wildman–Crippen MR) is 65.4 cm³/mol. The Bertz CT molecular complexity index is 287. The molecular weight excluding hydrogens is 217 g/mol. The Morgan fingerprint density at radius 1 is 1.43 bits per heavy atom. The Morgan fingerprint density at radius 2 is 2.07 bits per heavy atom. The van der Waals surface area contributed by atoms with Crippen LogP contribution in [0.2, 0.25) is 5.02 Å². The first-order valence-corrected chi connectivity index (χ1v) is 5.02. The first-order chi connectivity index (χ1) is 6.13. The molecule has 0 aromatic heterocycles. The van der Waals surface area contributed by atoms with Gasteiger partial charge in [-0.3, -0.25) is 0 Å². The summed E-state index contributed by atoms with van der Waals surface area (Å²) < 4.78 is 0. The van der Waals surface area contributed by atoms with E-state index in [0.29, 0.717) is 0 Å². The lowest BCUT2D eigenvalue weighted by Crippen LogP contribution is -2.21. The maximum absolute atomic E-state index is 6.00. The highest BCUT2D eigenvalue weighted by Crippen LogP contribution is 2.17. The molecule has 0 fully saturated rings. The highest BCUT2D eigenvalue weighted by molar-refractivity contribution is 6.31. The third kappa shape index (κ3) is 3.87. The predicted octanol–water partition coefficient (Wildman–Crippen LogP) is 3.35. The average molecular weight is 234 g/mol. The van der Waals surface area contributed by atoms with Crippen molar-refractivity contribution >= 4 is 24.0 Å². The molecule has 14 heavy (non-hydrogen) atoms. The lowest BCUT2D eigenvalue weighted by atomic mass is 10.0. The summed E-state index contributed by atoms with van der Waals surface area (Å²) in [5.41, 5.74) is 8.20. The fourth-order valence-electron chi connectivity index (χ4n) is 1.21. The lowest BCUT2D eigenvalue weighted by molar-refractivity contribution is 0.646. The van der Waals surface area contributed by atoms with Gasteiger partial charge in [0.05, 0.1) is 0 Å². The van der Waals surface area contributed by atoms with Gasteiger partial charge >= 0.3 is 0 Å². The third-order valence-electron chi connectivity index (χ3n) is 2.26. The van der Waals surface area contributed by atoms with Crippen LogP contribution >= 0.6 is 24.0 Å². The molecule has 80 valence electrons. The lowest BCUT2D eigenvalue weighted by Gasteiger charge is -2.09. The van der Waals surface area contributed by atoms with Gasteiger partial charge in [-0.15, -0.1) is 12.4 Å². The Balaban J connectivity index is 0.00000169. The summed E-state index contributed by atoms with van der Waals surface area (Å²) in [5, 5.41) is 0.834. The zero-order valence-corrected chi connectivity index (χ0v) is 10.2. The second kappa shape index (κ2) is 6.28. The van der Waals surface area contributed by atoms with Crippen molar-refractivity contribution in [3.8, 4) is 0 Å². The molecule has 0 saturated heterocycles. The van der Waals surface area contributed by atoms with E-state index in [1.54, 1.807) is 0 Å². The zero-order valence-electron chi connectivity index (χ0n) is 8.59. The molecule has 0 heterocycles. The van der Waals surface area contributed by atoms with Crippen molar-refractivity contribution in [1.29, 1.82) is 0 Å². The molecule has 0 aliphatic carbocycles. The van der Waals surface area contributed by atoms with E-state index in [9.17, 15) is 0 Å². The fraction of sp³-hybridized carbons (Fsp3) is 0.455. The second-order valence-electron chi connectivity index (χ2n) is 3.46. The van der Waals surface area contributed by atoms with Gasteiger partial charge in [0, 0.05) is 11.1 Å². The molecule has 1 atom stereocenters. The largest absolute Gasteiger partial charge is 0.327 e. The summed E-state index contributed by atoms with van der Waals surface area (Å²) in [7, 11) is 0. The van der Waals surface area contributed by atoms with Gasteiger partial charge < -0.3 is 5.73 Å². The summed E-state index contributed by atoms with van der Waals surface area (Å²) >= 11 is 6.00. The highest BCUT2D eigenvalue weighted by Gasteiger charge is 2.02. The van der Waals surface area contributed by atoms with Crippen molar-refractivity contribution in [2.75, 3.05) is 0 Å². The molecule has 0 aliphatic rings. The molecule has 0 spiro atoms. The van der Waals surface area contributed by atoms with Gasteiger partial charge in [0.25, 0.3) is 0 Å². The van der Waals surface area contributed by atoms with Crippen LogP contribution in [0, 0.1) is 6.92 Å². The van der Waals surface area contributed by atoms with Gasteiger partial charge in [-0.2, -0.15) is 0 Å². The van der Waals surface area contributed by atoms with Crippen molar-refractivity contribution in [2.24, 2.45) is 5.73 Å². The molecular formula is C11H17Cl2N. The highest BCUT2D eigenvalue weighted by atomic mass is 35.5. The summed E-state index contributed by atoms with van der Waals surface area (Å²) in [6, 6.07) is 6.39. The summed E-state index contributed by atoms with van der Waals surface area (Å²) in [6.07, 6.45) is 1.92. The van der Waals surface area contributed by atoms with Gasteiger partial charge in [-0.05, 0) is 37.0 Å². The van der Waals surface area contributed by atoms with Crippen LogP contribution in [0.1, 0.15) is 24.5 Å². The van der Waals surface area contributed by atoms with Gasteiger partial charge in [0.2, 0.25) is 0 Å². The minimum Gasteiger partial charge on any atom is -0.327 e. The smallest absolute Gasteiger partial charge is 0.0437 e. The number of rotatable bonds is 3. The van der Waals surface area contributed by atoms with Crippen LogP contribution in [0.3, 0.4) is 0 Å². The van der Waals surface area contributed by atoms with Crippen LogP contribution in [0.4, 0.5) is 0 Å². The van der Waals surface area contributed by atoms with E-state index in [1.165, 1.54) is 5.56 Å². The van der Waals surface area contributed by atoms with Crippen molar-refractivity contribution < 1.29 is 0 Å². The first-order valence-electron chi connectivity index (χ1n) is 4.64. The number of aryl methyl sites for hydroxylation is 1. The topological polar surface area (TPSA) is 26.0 Å². The van der Waals surface area contributed by atoms with Gasteiger partial charge in [-0.1, -0.05) is 30.7 Å². The fourth-order valence-corrected chi connectivity index (χ4v) is 1.41. The number of hydrogen-bond acceptors (Lipinski definition) is 1. The van der Waals surface area contributed by atoms with Crippen molar-refractivity contribution in [3.63, 3.8) is 0 Å². The van der Waals surface area contributed by atoms with E-state index in [4.69, 9.17) is 17.3 Å². The molecule has 1 rings (SSSR count). The first kappa shape index (κ1) is 13.8. The van der Waals surface area contributed by atoms with Crippen molar-refractivity contribution in [1.82, 2.24) is 0 Å². The minimum atomic E-state index is 0. The molecule has 1 aromatic carbocycles. The molecule has 0 saturated carbocycles. The Kier molecular flexibility index (Phi) is 6.17. The Morgan fingerprint density at radius 3 is 2.57 bits per heavy atom. The maximum Gasteiger partial charge on any atom is 0.0437 e. The van der Waals surface area contributed by atoms with Crippen LogP contribution in [0.25, 0.3) is 0 Å². The monoisotopic (exact) mass is 233 g/mol. The Hall–Kier alpha value is -0.240. The van der Waals surface area contributed by atoms with Crippen LogP contribution in [0.15, 0.2) is 18.2 Å². The second-order valence-corrected chi connectivity index (χ2v) is 3.86. The molecule has 1 unspecified atom stereocenters. The summed E-state index contributed by atoms with van der Waals surface area (Å²) in [4.78, 5) is 0. The van der Waals surface area contributed by atoms with Gasteiger partial charge in [0.1, 0.15) is 0 Å². The van der Waals surface area contributed by atoms with E-state index in [0.717, 1.165) is 23.4 Å². The molecule has 0 bridgehead atoms. The average Bonchev–Trinajstić information content (AvgIpc) is 2.11. The quantitative estimate of drug-likeness (QED) is 0.852. The molecule has 0 amide bonds. The number of halogens is 2. The van der Waals surface area contributed by atoms with Crippen molar-refractivity contribution in [3.05, 3.63) is 34.3 Å². The number of hydrogen-bond donors (Lipinski definition) is 1. The SMILES string of the molecule is CCC(N)Cc1ccc(C)c(Cl)c1.Cl. The third-order valence-corrected chi connectivity index (χ3v) is 2.67. The van der Waals surface area contributed by atoms with E-state index >= 15 is 0 Å². The molecule has 2 N–H and O–H groups in total. The Labute approximate surface area is 97.1 Å². The zero-order chi connectivity index (χ0) is 9.84. The number of nitrogens with two attached hydrogens (primary N) is 1. The van der Waals surface area contributed by atoms with Crippen molar-refractivity contribution in [2.45, 2.75) is 32.7 Å². The van der Waals surface area contributed by atoms with Crippen LogP contribution in [-0.2, 0) is 6.42 Å².